The van der Waals surface area contributed by atoms with Gasteiger partial charge in [0.2, 0.25) is 11.7 Å². The molecular weight excluding hydrogens is 296 g/mol. The molecule has 124 valence electrons. The largest absolute Gasteiger partial charge is 0.490 e. The third-order valence-corrected chi connectivity index (χ3v) is 4.35. The summed E-state index contributed by atoms with van der Waals surface area (Å²) >= 11 is 0. The number of nitrogen functional groups attached to an aromatic ring is 1. The molecule has 1 aliphatic rings. The van der Waals surface area contributed by atoms with Crippen LogP contribution < -0.4 is 15.4 Å². The van der Waals surface area contributed by atoms with Crippen molar-refractivity contribution in [2.24, 2.45) is 5.92 Å². The van der Waals surface area contributed by atoms with Crippen LogP contribution in [0.5, 0.6) is 5.75 Å². The van der Waals surface area contributed by atoms with Gasteiger partial charge in [-0.1, -0.05) is 6.92 Å². The van der Waals surface area contributed by atoms with Crippen LogP contribution in [0.15, 0.2) is 6.33 Å². The lowest BCUT2D eigenvalue weighted by Crippen LogP contribution is -2.52. The van der Waals surface area contributed by atoms with E-state index in [9.17, 15) is 4.79 Å². The Hall–Kier alpha value is -2.56. The minimum atomic E-state index is -0.132. The average Bonchev–Trinajstić information content (AvgIpc) is 2.54. The lowest BCUT2D eigenvalue weighted by atomic mass is 9.92. The summed E-state index contributed by atoms with van der Waals surface area (Å²) in [5.41, 5.74) is 5.85. The van der Waals surface area contributed by atoms with Crippen LogP contribution in [0.1, 0.15) is 19.8 Å². The summed E-state index contributed by atoms with van der Waals surface area (Å²) in [5, 5.41) is 8.72. The van der Waals surface area contributed by atoms with Crippen molar-refractivity contribution >= 4 is 17.5 Å². The highest BCUT2D eigenvalue weighted by Crippen LogP contribution is 2.33. The zero-order valence-electron chi connectivity index (χ0n) is 13.7. The number of hydrogen-bond donors (Lipinski definition) is 1. The Kier molecular flexibility index (Phi) is 5.21. The van der Waals surface area contributed by atoms with Gasteiger partial charge in [0, 0.05) is 20.1 Å². The number of ether oxygens (including phenoxy) is 1. The zero-order valence-corrected chi connectivity index (χ0v) is 13.7. The fraction of sp³-hybridized carbons (Fsp3) is 0.600. The van der Waals surface area contributed by atoms with Gasteiger partial charge < -0.3 is 20.3 Å². The van der Waals surface area contributed by atoms with Crippen molar-refractivity contribution in [3.8, 4) is 11.8 Å². The zero-order chi connectivity index (χ0) is 17.0. The molecule has 2 atom stereocenters. The molecule has 8 heteroatoms. The molecule has 2 heterocycles. The Balaban J connectivity index is 2.23. The first-order valence-electron chi connectivity index (χ1n) is 7.51. The van der Waals surface area contributed by atoms with E-state index in [1.54, 1.807) is 4.90 Å². The number of aromatic nitrogens is 2. The maximum atomic E-state index is 12.0. The number of nitrogens with zero attached hydrogens (tertiary/aromatic N) is 5. The first-order valence-corrected chi connectivity index (χ1v) is 7.51. The van der Waals surface area contributed by atoms with Crippen molar-refractivity contribution in [3.05, 3.63) is 6.33 Å². The molecule has 0 bridgehead atoms. The molecule has 0 saturated carbocycles. The summed E-state index contributed by atoms with van der Waals surface area (Å²) in [6.45, 7) is 3.37. The Morgan fingerprint density at radius 1 is 1.61 bits per heavy atom. The highest BCUT2D eigenvalue weighted by Gasteiger charge is 2.33. The summed E-state index contributed by atoms with van der Waals surface area (Å²) in [6, 6.07) is 1.98. The van der Waals surface area contributed by atoms with Crippen molar-refractivity contribution in [2.45, 2.75) is 25.8 Å². The molecule has 0 unspecified atom stereocenters. The number of rotatable bonds is 4. The lowest BCUT2D eigenvalue weighted by molar-refractivity contribution is -0.131. The molecule has 1 aromatic heterocycles. The first kappa shape index (κ1) is 16.8. The SMILES string of the molecule is COc1c(N)ncnc1N(C)[C@H]1CN(C(=O)CC#N)CC[C@H]1C. The number of carbonyl (C=O) groups excluding carboxylic acids is 1. The van der Waals surface area contributed by atoms with E-state index in [4.69, 9.17) is 15.7 Å². The Morgan fingerprint density at radius 3 is 3.00 bits per heavy atom. The van der Waals surface area contributed by atoms with Gasteiger partial charge in [-0.15, -0.1) is 0 Å². The van der Waals surface area contributed by atoms with Crippen molar-refractivity contribution in [1.29, 1.82) is 5.26 Å². The minimum Gasteiger partial charge on any atom is -0.490 e. The van der Waals surface area contributed by atoms with Crippen LogP contribution in [0.4, 0.5) is 11.6 Å². The minimum absolute atomic E-state index is 0.0644. The maximum Gasteiger partial charge on any atom is 0.236 e. The predicted molar refractivity (Wildman–Crippen MR) is 85.8 cm³/mol. The quantitative estimate of drug-likeness (QED) is 0.868. The average molecular weight is 318 g/mol. The van der Waals surface area contributed by atoms with Gasteiger partial charge in [0.15, 0.2) is 11.6 Å². The van der Waals surface area contributed by atoms with Gasteiger partial charge in [-0.2, -0.15) is 5.26 Å². The summed E-state index contributed by atoms with van der Waals surface area (Å²) in [6.07, 6.45) is 2.18. The van der Waals surface area contributed by atoms with Crippen LogP contribution >= 0.6 is 0 Å². The fourth-order valence-electron chi connectivity index (χ4n) is 2.94. The molecule has 0 spiro atoms. The van der Waals surface area contributed by atoms with Crippen LogP contribution in [0.25, 0.3) is 0 Å². The van der Waals surface area contributed by atoms with E-state index >= 15 is 0 Å². The standard InChI is InChI=1S/C15H22N6O2/c1-10-5-7-21(12(22)4-6-16)8-11(10)20(2)15-13(23-3)14(17)18-9-19-15/h9-11H,4-5,7-8H2,1-3H3,(H2,17,18,19)/t10-,11+/m1/s1. The molecule has 1 fully saturated rings. The van der Waals surface area contributed by atoms with E-state index in [0.29, 0.717) is 30.6 Å². The number of likely N-dealkylation sites (N-methyl/N-ethyl adjacent to an activating group) is 1. The molecule has 23 heavy (non-hydrogen) atoms. The molecule has 1 aliphatic heterocycles. The molecule has 0 radical (unpaired) electrons. The number of anilines is 2. The van der Waals surface area contributed by atoms with Gasteiger partial charge in [0.25, 0.3) is 0 Å². The molecule has 0 aromatic carbocycles. The first-order chi connectivity index (χ1) is 11.0. The van der Waals surface area contributed by atoms with Crippen molar-refractivity contribution in [3.63, 3.8) is 0 Å². The van der Waals surface area contributed by atoms with Crippen LogP contribution in [-0.4, -0.2) is 54.1 Å². The molecule has 0 aliphatic carbocycles. The van der Waals surface area contributed by atoms with E-state index in [1.165, 1.54) is 13.4 Å². The number of likely N-dealkylation sites (tertiary alicyclic amines) is 1. The number of nitriles is 1. The van der Waals surface area contributed by atoms with Crippen molar-refractivity contribution in [1.82, 2.24) is 14.9 Å². The summed E-state index contributed by atoms with van der Waals surface area (Å²) in [5.74, 6) is 1.55. The topological polar surface area (TPSA) is 108 Å². The molecule has 1 amide bonds. The molecule has 2 N–H and O–H groups in total. The fourth-order valence-corrected chi connectivity index (χ4v) is 2.94. The lowest BCUT2D eigenvalue weighted by Gasteiger charge is -2.42. The van der Waals surface area contributed by atoms with Gasteiger partial charge >= 0.3 is 0 Å². The normalized spacial score (nSPS) is 20.7. The molecular formula is C15H22N6O2. The van der Waals surface area contributed by atoms with Crippen LogP contribution in [0.2, 0.25) is 0 Å². The summed E-state index contributed by atoms with van der Waals surface area (Å²) < 4.78 is 5.32. The van der Waals surface area contributed by atoms with Gasteiger partial charge in [-0.3, -0.25) is 4.79 Å². The van der Waals surface area contributed by atoms with Gasteiger partial charge in [0.1, 0.15) is 12.7 Å². The smallest absolute Gasteiger partial charge is 0.236 e. The Labute approximate surface area is 135 Å². The second-order valence-electron chi connectivity index (χ2n) is 5.73. The van der Waals surface area contributed by atoms with E-state index in [1.807, 2.05) is 18.0 Å². The van der Waals surface area contributed by atoms with Crippen LogP contribution in [0, 0.1) is 17.2 Å². The number of hydrogen-bond acceptors (Lipinski definition) is 7. The second-order valence-corrected chi connectivity index (χ2v) is 5.73. The van der Waals surface area contributed by atoms with E-state index in [-0.39, 0.29) is 24.2 Å². The summed E-state index contributed by atoms with van der Waals surface area (Å²) in [7, 11) is 3.43. The van der Waals surface area contributed by atoms with E-state index in [2.05, 4.69) is 16.9 Å². The number of methoxy groups -OCH3 is 1. The van der Waals surface area contributed by atoms with E-state index < -0.39 is 0 Å². The molecule has 2 rings (SSSR count). The Morgan fingerprint density at radius 2 is 2.35 bits per heavy atom. The molecule has 1 aromatic rings. The number of amides is 1. The Bertz CT molecular complexity index is 614. The monoisotopic (exact) mass is 318 g/mol. The highest BCUT2D eigenvalue weighted by atomic mass is 16.5. The van der Waals surface area contributed by atoms with Gasteiger partial charge in [-0.25, -0.2) is 9.97 Å². The highest BCUT2D eigenvalue weighted by molar-refractivity contribution is 5.78. The van der Waals surface area contributed by atoms with Crippen LogP contribution in [0.3, 0.4) is 0 Å². The second kappa shape index (κ2) is 7.13. The maximum absolute atomic E-state index is 12.0. The number of carbonyl (C=O) groups is 1. The predicted octanol–water partition coefficient (Wildman–Crippen LogP) is 0.654. The third kappa shape index (κ3) is 3.44. The van der Waals surface area contributed by atoms with E-state index in [0.717, 1.165) is 6.42 Å². The van der Waals surface area contributed by atoms with Crippen LogP contribution in [-0.2, 0) is 4.79 Å². The summed E-state index contributed by atoms with van der Waals surface area (Å²) in [4.78, 5) is 23.9. The third-order valence-electron chi connectivity index (χ3n) is 4.35. The van der Waals surface area contributed by atoms with Crippen molar-refractivity contribution < 1.29 is 9.53 Å². The number of nitrogens with two attached hydrogens (primary N) is 1. The number of piperidine rings is 1. The molecule has 1 saturated heterocycles. The molecule has 8 nitrogen and oxygen atoms in total. The van der Waals surface area contributed by atoms with Gasteiger partial charge in [0.05, 0.1) is 19.2 Å². The van der Waals surface area contributed by atoms with Crippen molar-refractivity contribution in [2.75, 3.05) is 37.9 Å². The van der Waals surface area contributed by atoms with Gasteiger partial charge in [-0.05, 0) is 12.3 Å².